The van der Waals surface area contributed by atoms with E-state index in [1.165, 1.54) is 55.6 Å². The van der Waals surface area contributed by atoms with Gasteiger partial charge in [0.2, 0.25) is 5.91 Å². The summed E-state index contributed by atoms with van der Waals surface area (Å²) in [5.41, 5.74) is -0.402. The summed E-state index contributed by atoms with van der Waals surface area (Å²) >= 11 is 0. The molecule has 0 saturated carbocycles. The Morgan fingerprint density at radius 1 is 1.26 bits per heavy atom. The Kier molecular flexibility index (Phi) is 5.18. The molecule has 2 aromatic rings. The zero-order valence-corrected chi connectivity index (χ0v) is 12.5. The van der Waals surface area contributed by atoms with Crippen molar-refractivity contribution < 1.29 is 18.7 Å². The van der Waals surface area contributed by atoms with Crippen LogP contribution >= 0.6 is 0 Å². The van der Waals surface area contributed by atoms with Crippen LogP contribution in [0.25, 0.3) is 6.08 Å². The Morgan fingerprint density at radius 2 is 1.96 bits per heavy atom. The zero-order chi connectivity index (χ0) is 16.9. The van der Waals surface area contributed by atoms with E-state index < -0.39 is 23.1 Å². The van der Waals surface area contributed by atoms with E-state index in [1.807, 2.05) is 0 Å². The molecule has 2 N–H and O–H groups in total. The van der Waals surface area contributed by atoms with Gasteiger partial charge in [0.05, 0.1) is 12.7 Å². The average Bonchev–Trinajstić information content (AvgIpc) is 2.51. The second kappa shape index (κ2) is 7.11. The molecule has 23 heavy (non-hydrogen) atoms. The monoisotopic (exact) mass is 318 g/mol. The summed E-state index contributed by atoms with van der Waals surface area (Å²) in [4.78, 5) is 15.4. The van der Waals surface area contributed by atoms with Gasteiger partial charge in [0, 0.05) is 12.3 Å². The van der Waals surface area contributed by atoms with Gasteiger partial charge in [0.1, 0.15) is 17.2 Å². The SMILES string of the molecule is CC(O)(CNC(=O)/C=C/c1cncc(F)c1)c1ccc(F)cc1. The average molecular weight is 318 g/mol. The smallest absolute Gasteiger partial charge is 0.244 e. The van der Waals surface area contributed by atoms with Gasteiger partial charge in [-0.05, 0) is 42.3 Å². The molecule has 1 aromatic heterocycles. The fourth-order valence-corrected chi connectivity index (χ4v) is 1.92. The molecule has 1 heterocycles. The number of rotatable bonds is 5. The summed E-state index contributed by atoms with van der Waals surface area (Å²) in [6.45, 7) is 1.46. The van der Waals surface area contributed by atoms with E-state index >= 15 is 0 Å². The molecule has 0 bridgehead atoms. The number of nitrogens with zero attached hydrogens (tertiary/aromatic N) is 1. The van der Waals surface area contributed by atoms with Crippen molar-refractivity contribution in [2.24, 2.45) is 0 Å². The molecule has 120 valence electrons. The lowest BCUT2D eigenvalue weighted by Crippen LogP contribution is -2.37. The summed E-state index contributed by atoms with van der Waals surface area (Å²) in [7, 11) is 0. The molecule has 0 aliphatic rings. The number of hydrogen-bond acceptors (Lipinski definition) is 3. The maximum Gasteiger partial charge on any atom is 0.244 e. The highest BCUT2D eigenvalue weighted by Crippen LogP contribution is 2.19. The molecule has 6 heteroatoms. The van der Waals surface area contributed by atoms with Crippen LogP contribution in [0.4, 0.5) is 8.78 Å². The third-order valence-corrected chi connectivity index (χ3v) is 3.23. The van der Waals surface area contributed by atoms with Gasteiger partial charge in [-0.25, -0.2) is 8.78 Å². The van der Waals surface area contributed by atoms with Gasteiger partial charge in [-0.15, -0.1) is 0 Å². The summed E-state index contributed by atoms with van der Waals surface area (Å²) < 4.78 is 25.8. The molecule has 0 aliphatic carbocycles. The molecule has 0 spiro atoms. The lowest BCUT2D eigenvalue weighted by molar-refractivity contribution is -0.117. The van der Waals surface area contributed by atoms with Crippen molar-refractivity contribution in [1.82, 2.24) is 10.3 Å². The van der Waals surface area contributed by atoms with E-state index in [9.17, 15) is 18.7 Å². The molecule has 0 fully saturated rings. The van der Waals surface area contributed by atoms with E-state index in [0.29, 0.717) is 11.1 Å². The first kappa shape index (κ1) is 16.8. The van der Waals surface area contributed by atoms with Crippen molar-refractivity contribution >= 4 is 12.0 Å². The molecule has 4 nitrogen and oxygen atoms in total. The third-order valence-electron chi connectivity index (χ3n) is 3.23. The van der Waals surface area contributed by atoms with E-state index in [4.69, 9.17) is 0 Å². The number of benzene rings is 1. The first-order valence-corrected chi connectivity index (χ1v) is 6.92. The fourth-order valence-electron chi connectivity index (χ4n) is 1.92. The van der Waals surface area contributed by atoms with Gasteiger partial charge in [-0.1, -0.05) is 12.1 Å². The number of aliphatic hydroxyl groups is 1. The third kappa shape index (κ3) is 4.96. The number of nitrogens with one attached hydrogen (secondary N) is 1. The highest BCUT2D eigenvalue weighted by atomic mass is 19.1. The summed E-state index contributed by atoms with van der Waals surface area (Å²) in [6.07, 6.45) is 5.12. The standard InChI is InChI=1S/C17H16F2N2O2/c1-17(23,13-3-5-14(18)6-4-13)11-21-16(22)7-2-12-8-15(19)10-20-9-12/h2-10,23H,11H2,1H3,(H,21,22)/b7-2+. The number of carbonyl (C=O) groups is 1. The quantitative estimate of drug-likeness (QED) is 0.832. The molecule has 1 unspecified atom stereocenters. The molecule has 1 aromatic carbocycles. The predicted molar refractivity (Wildman–Crippen MR) is 82.2 cm³/mol. The Morgan fingerprint density at radius 3 is 2.61 bits per heavy atom. The van der Waals surface area contributed by atoms with E-state index in [-0.39, 0.29) is 6.54 Å². The summed E-state index contributed by atoms with van der Waals surface area (Å²) in [5.74, 6) is -1.34. The van der Waals surface area contributed by atoms with Gasteiger partial charge in [0.15, 0.2) is 0 Å². The first-order chi connectivity index (χ1) is 10.9. The normalized spacial score (nSPS) is 13.7. The van der Waals surface area contributed by atoms with Gasteiger partial charge in [0.25, 0.3) is 0 Å². The minimum atomic E-state index is -1.34. The van der Waals surface area contributed by atoms with Crippen LogP contribution in [0.5, 0.6) is 0 Å². The summed E-state index contributed by atoms with van der Waals surface area (Å²) in [5, 5.41) is 12.9. The molecular weight excluding hydrogens is 302 g/mol. The molecule has 0 aliphatic heterocycles. The second-order valence-electron chi connectivity index (χ2n) is 5.27. The van der Waals surface area contributed by atoms with Gasteiger partial charge >= 0.3 is 0 Å². The predicted octanol–water partition coefficient (Wildman–Crippen LogP) is 2.40. The highest BCUT2D eigenvalue weighted by Gasteiger charge is 2.23. The molecule has 1 amide bonds. The van der Waals surface area contributed by atoms with Crippen LogP contribution < -0.4 is 5.32 Å². The Balaban J connectivity index is 1.94. The van der Waals surface area contributed by atoms with Crippen molar-refractivity contribution in [3.63, 3.8) is 0 Å². The van der Waals surface area contributed by atoms with Crippen LogP contribution in [0.3, 0.4) is 0 Å². The van der Waals surface area contributed by atoms with Crippen molar-refractivity contribution in [2.45, 2.75) is 12.5 Å². The Hall–Kier alpha value is -2.60. The molecular formula is C17H16F2N2O2. The van der Waals surface area contributed by atoms with Crippen LogP contribution in [-0.4, -0.2) is 22.5 Å². The van der Waals surface area contributed by atoms with Crippen molar-refractivity contribution in [3.05, 3.63) is 71.6 Å². The van der Waals surface area contributed by atoms with Crippen LogP contribution in [0.15, 0.2) is 48.8 Å². The lowest BCUT2D eigenvalue weighted by atomic mass is 9.96. The van der Waals surface area contributed by atoms with Gasteiger partial charge in [-0.2, -0.15) is 0 Å². The minimum Gasteiger partial charge on any atom is -0.384 e. The van der Waals surface area contributed by atoms with Crippen LogP contribution in [0, 0.1) is 11.6 Å². The largest absolute Gasteiger partial charge is 0.384 e. The molecule has 0 saturated heterocycles. The number of aromatic nitrogens is 1. The molecule has 0 radical (unpaired) electrons. The first-order valence-electron chi connectivity index (χ1n) is 6.92. The second-order valence-corrected chi connectivity index (χ2v) is 5.27. The topological polar surface area (TPSA) is 62.2 Å². The molecule has 1 atom stereocenters. The molecule has 2 rings (SSSR count). The van der Waals surface area contributed by atoms with E-state index in [2.05, 4.69) is 10.3 Å². The number of pyridine rings is 1. The number of amides is 1. The van der Waals surface area contributed by atoms with E-state index in [1.54, 1.807) is 0 Å². The minimum absolute atomic E-state index is 0.0524. The van der Waals surface area contributed by atoms with Crippen molar-refractivity contribution in [3.8, 4) is 0 Å². The number of halogens is 2. The fraction of sp³-hybridized carbons (Fsp3) is 0.176. The van der Waals surface area contributed by atoms with E-state index in [0.717, 1.165) is 6.20 Å². The Bertz CT molecular complexity index is 713. The number of hydrogen-bond donors (Lipinski definition) is 2. The lowest BCUT2D eigenvalue weighted by Gasteiger charge is -2.23. The van der Waals surface area contributed by atoms with Crippen molar-refractivity contribution in [1.29, 1.82) is 0 Å². The maximum atomic E-state index is 13.0. The maximum absolute atomic E-state index is 13.0. The zero-order valence-electron chi connectivity index (χ0n) is 12.5. The van der Waals surface area contributed by atoms with Crippen LogP contribution in [-0.2, 0) is 10.4 Å². The van der Waals surface area contributed by atoms with Crippen LogP contribution in [0.2, 0.25) is 0 Å². The Labute approximate surface area is 132 Å². The van der Waals surface area contributed by atoms with Gasteiger partial charge in [-0.3, -0.25) is 9.78 Å². The highest BCUT2D eigenvalue weighted by molar-refractivity contribution is 5.91. The van der Waals surface area contributed by atoms with Gasteiger partial charge < -0.3 is 10.4 Å². The van der Waals surface area contributed by atoms with Crippen molar-refractivity contribution in [2.75, 3.05) is 6.54 Å². The number of carbonyl (C=O) groups excluding carboxylic acids is 1. The van der Waals surface area contributed by atoms with Crippen LogP contribution in [0.1, 0.15) is 18.1 Å². The summed E-state index contributed by atoms with van der Waals surface area (Å²) in [6, 6.07) is 6.63.